The van der Waals surface area contributed by atoms with Crippen molar-refractivity contribution in [2.75, 3.05) is 0 Å². The van der Waals surface area contributed by atoms with Gasteiger partial charge in [0, 0.05) is 10.5 Å². The van der Waals surface area contributed by atoms with E-state index in [9.17, 15) is 23.3 Å². The quantitative estimate of drug-likeness (QED) is 0.590. The van der Waals surface area contributed by atoms with Crippen LogP contribution in [0, 0.1) is 21.4 Å². The molecular formula is C8H2BrF3N2O2. The lowest BCUT2D eigenvalue weighted by molar-refractivity contribution is -0.388. The van der Waals surface area contributed by atoms with Crippen molar-refractivity contribution in [2.24, 2.45) is 0 Å². The topological polar surface area (TPSA) is 66.9 Å². The van der Waals surface area contributed by atoms with Crippen molar-refractivity contribution in [2.45, 2.75) is 6.18 Å². The smallest absolute Gasteiger partial charge is 0.258 e. The minimum absolute atomic E-state index is 0.216. The van der Waals surface area contributed by atoms with E-state index in [1.807, 2.05) is 0 Å². The molecule has 0 atom stereocenters. The molecule has 0 bridgehead atoms. The van der Waals surface area contributed by atoms with Crippen molar-refractivity contribution in [3.63, 3.8) is 0 Å². The molecule has 0 aliphatic rings. The fraction of sp³-hybridized carbons (Fsp3) is 0.125. The lowest BCUT2D eigenvalue weighted by Gasteiger charge is -2.09. The summed E-state index contributed by atoms with van der Waals surface area (Å²) < 4.78 is 36.9. The van der Waals surface area contributed by atoms with Crippen LogP contribution in [0.25, 0.3) is 0 Å². The largest absolute Gasteiger partial charge is 0.424 e. The average Bonchev–Trinajstić information content (AvgIpc) is 2.14. The third-order valence-corrected chi connectivity index (χ3v) is 2.30. The van der Waals surface area contributed by atoms with Crippen LogP contribution < -0.4 is 0 Å². The molecule has 1 rings (SSSR count). The third-order valence-electron chi connectivity index (χ3n) is 1.68. The van der Waals surface area contributed by atoms with E-state index < -0.39 is 26.8 Å². The molecule has 0 saturated carbocycles. The van der Waals surface area contributed by atoms with Gasteiger partial charge in [0.15, 0.2) is 0 Å². The first kappa shape index (κ1) is 12.4. The fourth-order valence-corrected chi connectivity index (χ4v) is 1.76. The molecule has 0 radical (unpaired) electrons. The van der Waals surface area contributed by atoms with Crippen LogP contribution in [0.5, 0.6) is 0 Å². The number of nitro groups is 1. The van der Waals surface area contributed by atoms with Crippen molar-refractivity contribution in [3.8, 4) is 6.07 Å². The van der Waals surface area contributed by atoms with Crippen molar-refractivity contribution >= 4 is 21.6 Å². The number of rotatable bonds is 1. The lowest BCUT2D eigenvalue weighted by Crippen LogP contribution is -2.10. The zero-order valence-electron chi connectivity index (χ0n) is 7.38. The number of alkyl halides is 3. The molecular weight excluding hydrogens is 293 g/mol. The van der Waals surface area contributed by atoms with Gasteiger partial charge in [-0.2, -0.15) is 18.4 Å². The van der Waals surface area contributed by atoms with Gasteiger partial charge in [-0.25, -0.2) is 0 Å². The number of benzene rings is 1. The molecule has 0 unspecified atom stereocenters. The highest BCUT2D eigenvalue weighted by atomic mass is 79.9. The van der Waals surface area contributed by atoms with Crippen molar-refractivity contribution in [1.29, 1.82) is 5.26 Å². The summed E-state index contributed by atoms with van der Waals surface area (Å²) in [7, 11) is 0. The van der Waals surface area contributed by atoms with E-state index in [4.69, 9.17) is 5.26 Å². The van der Waals surface area contributed by atoms with Crippen LogP contribution in [-0.2, 0) is 6.18 Å². The minimum Gasteiger partial charge on any atom is -0.258 e. The second kappa shape index (κ2) is 4.09. The number of nitrogens with zero attached hydrogens (tertiary/aromatic N) is 2. The van der Waals surface area contributed by atoms with Gasteiger partial charge in [-0.1, -0.05) is 0 Å². The Kier molecular flexibility index (Phi) is 3.19. The van der Waals surface area contributed by atoms with E-state index in [1.165, 1.54) is 6.07 Å². The van der Waals surface area contributed by atoms with Gasteiger partial charge >= 0.3 is 6.18 Å². The Morgan fingerprint density at radius 2 is 2.00 bits per heavy atom. The van der Waals surface area contributed by atoms with Crippen LogP contribution in [0.3, 0.4) is 0 Å². The van der Waals surface area contributed by atoms with E-state index in [-0.39, 0.29) is 5.56 Å². The maximum absolute atomic E-state index is 12.5. The molecule has 0 amide bonds. The summed E-state index contributed by atoms with van der Waals surface area (Å²) in [6.07, 6.45) is -4.85. The second-order valence-corrected chi connectivity index (χ2v) is 3.57. The van der Waals surface area contributed by atoms with Gasteiger partial charge in [0.25, 0.3) is 5.69 Å². The summed E-state index contributed by atoms with van der Waals surface area (Å²) in [6.45, 7) is 0. The summed E-state index contributed by atoms with van der Waals surface area (Å²) in [5, 5.41) is 19.0. The van der Waals surface area contributed by atoms with Crippen molar-refractivity contribution in [3.05, 3.63) is 37.8 Å². The van der Waals surface area contributed by atoms with Gasteiger partial charge in [-0.3, -0.25) is 10.1 Å². The Balaban J connectivity index is 3.61. The highest BCUT2D eigenvalue weighted by Crippen LogP contribution is 2.41. The highest BCUT2D eigenvalue weighted by molar-refractivity contribution is 9.10. The Morgan fingerprint density at radius 1 is 1.44 bits per heavy atom. The summed E-state index contributed by atoms with van der Waals surface area (Å²) in [5.74, 6) is 0. The Hall–Kier alpha value is -1.62. The summed E-state index contributed by atoms with van der Waals surface area (Å²) in [4.78, 5) is 9.29. The van der Waals surface area contributed by atoms with Gasteiger partial charge < -0.3 is 0 Å². The molecule has 1 aromatic carbocycles. The van der Waals surface area contributed by atoms with Crippen LogP contribution >= 0.6 is 15.9 Å². The van der Waals surface area contributed by atoms with E-state index >= 15 is 0 Å². The SMILES string of the molecule is N#Cc1cc(Br)c(C(F)(F)F)c([N+](=O)[O-])c1. The maximum atomic E-state index is 12.5. The average molecular weight is 295 g/mol. The number of halogens is 4. The maximum Gasteiger partial charge on any atom is 0.424 e. The molecule has 0 heterocycles. The summed E-state index contributed by atoms with van der Waals surface area (Å²) in [5.41, 5.74) is -2.75. The lowest BCUT2D eigenvalue weighted by atomic mass is 10.1. The first-order valence-electron chi connectivity index (χ1n) is 3.72. The minimum atomic E-state index is -4.85. The first-order valence-corrected chi connectivity index (χ1v) is 4.52. The zero-order valence-corrected chi connectivity index (χ0v) is 8.96. The van der Waals surface area contributed by atoms with Gasteiger partial charge in [0.1, 0.15) is 5.56 Å². The highest BCUT2D eigenvalue weighted by Gasteiger charge is 2.40. The van der Waals surface area contributed by atoms with Gasteiger partial charge in [-0.15, -0.1) is 0 Å². The summed E-state index contributed by atoms with van der Waals surface area (Å²) in [6, 6.07) is 3.02. The number of nitriles is 1. The number of hydrogen-bond donors (Lipinski definition) is 0. The van der Waals surface area contributed by atoms with E-state index in [0.717, 1.165) is 6.07 Å². The van der Waals surface area contributed by atoms with Gasteiger partial charge in [0.05, 0.1) is 16.6 Å². The van der Waals surface area contributed by atoms with E-state index in [1.54, 1.807) is 0 Å². The molecule has 84 valence electrons. The monoisotopic (exact) mass is 294 g/mol. The molecule has 0 aliphatic heterocycles. The Labute approximate surface area is 95.6 Å². The molecule has 1 aromatic rings. The predicted octanol–water partition coefficient (Wildman–Crippen LogP) is 3.25. The van der Waals surface area contributed by atoms with Crippen molar-refractivity contribution < 1.29 is 18.1 Å². The molecule has 0 N–H and O–H groups in total. The Morgan fingerprint density at radius 3 is 2.38 bits per heavy atom. The molecule has 0 aliphatic carbocycles. The molecule has 4 nitrogen and oxygen atoms in total. The van der Waals surface area contributed by atoms with Crippen LogP contribution in [-0.4, -0.2) is 4.92 Å². The Bertz CT molecular complexity index is 493. The van der Waals surface area contributed by atoms with Crippen LogP contribution in [0.15, 0.2) is 16.6 Å². The predicted molar refractivity (Wildman–Crippen MR) is 50.5 cm³/mol. The fourth-order valence-electron chi connectivity index (χ4n) is 1.08. The van der Waals surface area contributed by atoms with Crippen LogP contribution in [0.4, 0.5) is 18.9 Å². The number of hydrogen-bond acceptors (Lipinski definition) is 3. The first-order chi connectivity index (χ1) is 7.27. The van der Waals surface area contributed by atoms with Crippen LogP contribution in [0.2, 0.25) is 0 Å². The second-order valence-electron chi connectivity index (χ2n) is 2.72. The van der Waals surface area contributed by atoms with Crippen molar-refractivity contribution in [1.82, 2.24) is 0 Å². The molecule has 8 heteroatoms. The van der Waals surface area contributed by atoms with E-state index in [0.29, 0.717) is 6.07 Å². The van der Waals surface area contributed by atoms with Gasteiger partial charge in [0.2, 0.25) is 0 Å². The third kappa shape index (κ3) is 2.30. The zero-order chi connectivity index (χ0) is 12.5. The summed E-state index contributed by atoms with van der Waals surface area (Å²) >= 11 is 2.57. The molecule has 0 saturated heterocycles. The molecule has 16 heavy (non-hydrogen) atoms. The number of nitro benzene ring substituents is 1. The van der Waals surface area contributed by atoms with Crippen LogP contribution in [0.1, 0.15) is 11.1 Å². The van der Waals surface area contributed by atoms with E-state index in [2.05, 4.69) is 15.9 Å². The molecule has 0 fully saturated rings. The molecule has 0 aromatic heterocycles. The standard InChI is InChI=1S/C8H2BrF3N2O2/c9-5-1-4(3-13)2-6(14(15)16)7(5)8(10,11)12/h1-2H. The normalized spacial score (nSPS) is 10.9. The molecule has 0 spiro atoms. The van der Waals surface area contributed by atoms with Gasteiger partial charge in [-0.05, 0) is 22.0 Å².